The lowest BCUT2D eigenvalue weighted by atomic mass is 10.0. The molecule has 4 rings (SSSR count). The van der Waals surface area contributed by atoms with E-state index in [0.717, 1.165) is 0 Å². The maximum Gasteiger partial charge on any atom is 0.255 e. The van der Waals surface area contributed by atoms with Crippen LogP contribution < -0.4 is 20.5 Å². The molecule has 0 aliphatic heterocycles. The fraction of sp³-hybridized carbons (Fsp3) is 0.130. The van der Waals surface area contributed by atoms with E-state index < -0.39 is 17.5 Å². The van der Waals surface area contributed by atoms with Crippen molar-refractivity contribution in [1.82, 2.24) is 9.38 Å². The van der Waals surface area contributed by atoms with Crippen LogP contribution >= 0.6 is 11.6 Å². The van der Waals surface area contributed by atoms with Gasteiger partial charge in [-0.25, -0.2) is 13.8 Å². The van der Waals surface area contributed by atoms with E-state index in [1.54, 1.807) is 19.1 Å². The van der Waals surface area contributed by atoms with Crippen LogP contribution in [-0.4, -0.2) is 29.0 Å². The number of primary amides is 1. The molecule has 0 saturated heterocycles. The number of nitrogens with zero attached hydrogens (tertiary/aromatic N) is 2. The first-order valence-corrected chi connectivity index (χ1v) is 10.1. The molecule has 0 fully saturated rings. The molecule has 0 aliphatic rings. The number of nitrogens with two attached hydrogens (primary N) is 1. The molecule has 1 amide bonds. The summed E-state index contributed by atoms with van der Waals surface area (Å²) < 4.78 is 41.1. The molecule has 7 nitrogen and oxygen atoms in total. The Kier molecular flexibility index (Phi) is 6.06. The van der Waals surface area contributed by atoms with Crippen LogP contribution in [0.3, 0.4) is 0 Å². The van der Waals surface area contributed by atoms with Gasteiger partial charge in [-0.3, -0.25) is 9.20 Å². The van der Waals surface area contributed by atoms with Gasteiger partial charge in [0.05, 0.1) is 17.8 Å². The van der Waals surface area contributed by atoms with Crippen LogP contribution in [0.2, 0.25) is 5.02 Å². The Morgan fingerprint density at radius 3 is 2.73 bits per heavy atom. The number of aromatic nitrogens is 2. The lowest BCUT2D eigenvalue weighted by Gasteiger charge is -2.16. The Morgan fingerprint density at radius 2 is 2.03 bits per heavy atom. The lowest BCUT2D eigenvalue weighted by molar-refractivity contribution is -0.119. The minimum absolute atomic E-state index is 0.00255. The van der Waals surface area contributed by atoms with Gasteiger partial charge in [-0.15, -0.1) is 0 Å². The van der Waals surface area contributed by atoms with E-state index in [0.29, 0.717) is 28.2 Å². The number of carbonyl (C=O) groups is 1. The number of ether oxygens (including phenoxy) is 2. The van der Waals surface area contributed by atoms with Gasteiger partial charge in [-0.1, -0.05) is 17.7 Å². The predicted octanol–water partition coefficient (Wildman–Crippen LogP) is 4.86. The number of hydrogen-bond acceptors (Lipinski definition) is 5. The molecule has 170 valence electrons. The summed E-state index contributed by atoms with van der Waals surface area (Å²) in [7, 11) is 1.49. The second kappa shape index (κ2) is 8.95. The highest BCUT2D eigenvalue weighted by Crippen LogP contribution is 2.42. The summed E-state index contributed by atoms with van der Waals surface area (Å²) in [5.41, 5.74) is 7.12. The number of rotatable bonds is 7. The van der Waals surface area contributed by atoms with Gasteiger partial charge in [-0.05, 0) is 42.8 Å². The van der Waals surface area contributed by atoms with Crippen molar-refractivity contribution in [1.29, 1.82) is 0 Å². The number of pyridine rings is 1. The van der Waals surface area contributed by atoms with Gasteiger partial charge in [-0.2, -0.15) is 0 Å². The molecule has 0 saturated carbocycles. The number of anilines is 2. The first kappa shape index (κ1) is 22.3. The Balaban J connectivity index is 1.98. The summed E-state index contributed by atoms with van der Waals surface area (Å²) in [4.78, 5) is 16.0. The van der Waals surface area contributed by atoms with E-state index in [1.165, 1.54) is 48.0 Å². The third kappa shape index (κ3) is 4.40. The van der Waals surface area contributed by atoms with Gasteiger partial charge < -0.3 is 20.5 Å². The van der Waals surface area contributed by atoms with Crippen molar-refractivity contribution in [3.63, 3.8) is 0 Å². The van der Waals surface area contributed by atoms with Crippen molar-refractivity contribution in [2.24, 2.45) is 5.73 Å². The van der Waals surface area contributed by atoms with Crippen LogP contribution in [0.25, 0.3) is 16.9 Å². The number of imidazole rings is 1. The molecule has 33 heavy (non-hydrogen) atoms. The molecule has 4 aromatic rings. The Bertz CT molecular complexity index is 1350. The van der Waals surface area contributed by atoms with Crippen LogP contribution in [0.15, 0.2) is 48.7 Å². The van der Waals surface area contributed by atoms with Crippen LogP contribution in [0, 0.1) is 18.6 Å². The van der Waals surface area contributed by atoms with Crippen molar-refractivity contribution in [2.75, 3.05) is 19.0 Å². The maximum absolute atomic E-state index is 14.6. The zero-order valence-electron chi connectivity index (χ0n) is 17.7. The Labute approximate surface area is 192 Å². The molecular weight excluding hydrogens is 454 g/mol. The summed E-state index contributed by atoms with van der Waals surface area (Å²) in [6.07, 6.45) is 1.21. The largest absolute Gasteiger partial charge is 0.497 e. The van der Waals surface area contributed by atoms with E-state index >= 15 is 0 Å². The maximum atomic E-state index is 14.6. The number of nitrogens with one attached hydrogen (secondary N) is 1. The SMILES string of the molecule is COc1cc(C)c(-c2nc3ccc(F)cn3c2Nc2c(F)cccc2Cl)c(OCC(N)=O)c1. The quantitative estimate of drug-likeness (QED) is 0.401. The molecule has 2 aromatic carbocycles. The number of benzene rings is 2. The van der Waals surface area contributed by atoms with E-state index in [9.17, 15) is 13.6 Å². The monoisotopic (exact) mass is 472 g/mol. The minimum Gasteiger partial charge on any atom is -0.497 e. The normalized spacial score (nSPS) is 10.9. The van der Waals surface area contributed by atoms with Crippen molar-refractivity contribution in [3.8, 4) is 22.8 Å². The van der Waals surface area contributed by atoms with Crippen LogP contribution in [-0.2, 0) is 4.79 Å². The fourth-order valence-electron chi connectivity index (χ4n) is 3.46. The number of para-hydroxylation sites is 1. The molecular formula is C23H19ClF2N4O3. The minimum atomic E-state index is -0.671. The summed E-state index contributed by atoms with van der Waals surface area (Å²) in [5.74, 6) is -0.805. The van der Waals surface area contributed by atoms with Crippen molar-refractivity contribution in [3.05, 3.63) is 70.9 Å². The predicted molar refractivity (Wildman–Crippen MR) is 121 cm³/mol. The number of fused-ring (bicyclic) bond motifs is 1. The molecule has 0 unspecified atom stereocenters. The number of methoxy groups -OCH3 is 1. The lowest BCUT2D eigenvalue weighted by Crippen LogP contribution is -2.20. The zero-order valence-corrected chi connectivity index (χ0v) is 18.4. The number of halogens is 3. The highest BCUT2D eigenvalue weighted by atomic mass is 35.5. The summed E-state index contributed by atoms with van der Waals surface area (Å²) in [6, 6.07) is 10.3. The van der Waals surface area contributed by atoms with E-state index in [2.05, 4.69) is 10.3 Å². The Morgan fingerprint density at radius 1 is 1.24 bits per heavy atom. The third-order valence-electron chi connectivity index (χ3n) is 4.90. The molecule has 0 bridgehead atoms. The molecule has 10 heteroatoms. The summed E-state index contributed by atoms with van der Waals surface area (Å²) in [5, 5.41) is 3.08. The average Bonchev–Trinajstić information content (AvgIpc) is 3.11. The van der Waals surface area contributed by atoms with Gasteiger partial charge in [0.15, 0.2) is 6.61 Å². The van der Waals surface area contributed by atoms with Crippen molar-refractivity contribution >= 4 is 34.7 Å². The van der Waals surface area contributed by atoms with E-state index in [4.69, 9.17) is 26.8 Å². The summed E-state index contributed by atoms with van der Waals surface area (Å²) >= 11 is 6.22. The van der Waals surface area contributed by atoms with Crippen LogP contribution in [0.4, 0.5) is 20.3 Å². The molecule has 2 heterocycles. The number of amides is 1. The molecule has 3 N–H and O–H groups in total. The van der Waals surface area contributed by atoms with Crippen LogP contribution in [0.1, 0.15) is 5.56 Å². The average molecular weight is 473 g/mol. The van der Waals surface area contributed by atoms with Gasteiger partial charge >= 0.3 is 0 Å². The second-order valence-electron chi connectivity index (χ2n) is 7.18. The van der Waals surface area contributed by atoms with Crippen molar-refractivity contribution in [2.45, 2.75) is 6.92 Å². The zero-order chi connectivity index (χ0) is 23.7. The third-order valence-corrected chi connectivity index (χ3v) is 5.22. The molecule has 0 spiro atoms. The van der Waals surface area contributed by atoms with Crippen LogP contribution in [0.5, 0.6) is 11.5 Å². The van der Waals surface area contributed by atoms with Gasteiger partial charge in [0, 0.05) is 17.8 Å². The highest BCUT2D eigenvalue weighted by molar-refractivity contribution is 6.33. The van der Waals surface area contributed by atoms with Gasteiger partial charge in [0.1, 0.15) is 40.3 Å². The number of hydrogen-bond donors (Lipinski definition) is 2. The number of aryl methyl sites for hydroxylation is 1. The molecule has 0 radical (unpaired) electrons. The standard InChI is InChI=1S/C23H19ClF2N4O3/c1-12-8-14(32-2)9-17(33-11-18(27)31)20(12)22-23(29-21-15(24)4-3-5-16(21)26)30-10-13(25)6-7-19(30)28-22/h3-10,29H,11H2,1-2H3,(H2,27,31). The molecule has 2 aromatic heterocycles. The second-order valence-corrected chi connectivity index (χ2v) is 7.59. The topological polar surface area (TPSA) is 90.9 Å². The van der Waals surface area contributed by atoms with Gasteiger partial charge in [0.25, 0.3) is 5.91 Å². The summed E-state index contributed by atoms with van der Waals surface area (Å²) in [6.45, 7) is 1.41. The first-order chi connectivity index (χ1) is 15.8. The number of carbonyl (C=O) groups excluding carboxylic acids is 1. The fourth-order valence-corrected chi connectivity index (χ4v) is 3.67. The smallest absolute Gasteiger partial charge is 0.255 e. The van der Waals surface area contributed by atoms with E-state index in [-0.39, 0.29) is 28.9 Å². The van der Waals surface area contributed by atoms with Crippen molar-refractivity contribution < 1.29 is 23.0 Å². The van der Waals surface area contributed by atoms with Gasteiger partial charge in [0.2, 0.25) is 0 Å². The molecule has 0 atom stereocenters. The Hall–Kier alpha value is -3.85. The van der Waals surface area contributed by atoms with E-state index in [1.807, 2.05) is 0 Å². The first-order valence-electron chi connectivity index (χ1n) is 9.77. The highest BCUT2D eigenvalue weighted by Gasteiger charge is 2.23. The molecule has 0 aliphatic carbocycles.